The third-order valence-corrected chi connectivity index (χ3v) is 7.78. The van der Waals surface area contributed by atoms with E-state index in [2.05, 4.69) is 40.3 Å². The van der Waals surface area contributed by atoms with Gasteiger partial charge in [0.05, 0.1) is 6.04 Å². The number of aromatic nitrogens is 1. The van der Waals surface area contributed by atoms with Gasteiger partial charge in [-0.1, -0.05) is 18.2 Å². The van der Waals surface area contributed by atoms with Crippen molar-refractivity contribution < 1.29 is 4.39 Å². The number of nitrogens with one attached hydrogen (secondary N) is 1. The van der Waals surface area contributed by atoms with Crippen LogP contribution in [0.5, 0.6) is 0 Å². The molecule has 2 heterocycles. The molecule has 3 N–H and O–H groups in total. The highest BCUT2D eigenvalue weighted by Gasteiger charge is 2.25. The Hall–Kier alpha value is -2.66. The van der Waals surface area contributed by atoms with E-state index in [1.165, 1.54) is 80.3 Å². The number of rotatable bonds is 6. The average molecular weight is 447 g/mol. The number of likely N-dealkylation sites (tertiary alicyclic amines) is 1. The van der Waals surface area contributed by atoms with E-state index in [4.69, 9.17) is 10.7 Å². The van der Waals surface area contributed by atoms with Gasteiger partial charge in [0.15, 0.2) is 0 Å². The van der Waals surface area contributed by atoms with Crippen LogP contribution in [0.25, 0.3) is 10.9 Å². The summed E-state index contributed by atoms with van der Waals surface area (Å²) in [5.41, 5.74) is 9.74. The fourth-order valence-corrected chi connectivity index (χ4v) is 5.72. The number of para-hydroxylation sites is 1. The minimum Gasteiger partial charge on any atom is -0.383 e. The summed E-state index contributed by atoms with van der Waals surface area (Å²) in [6, 6.07) is 15.3. The molecule has 0 atom stereocenters. The van der Waals surface area contributed by atoms with Crippen LogP contribution in [0.3, 0.4) is 0 Å². The predicted octanol–water partition coefficient (Wildman–Crippen LogP) is 5.84. The second-order valence-corrected chi connectivity index (χ2v) is 9.89. The molecule has 3 aromatic rings. The quantitative estimate of drug-likeness (QED) is 0.369. The van der Waals surface area contributed by atoms with E-state index >= 15 is 0 Å². The largest absolute Gasteiger partial charge is 0.383 e. The van der Waals surface area contributed by atoms with Gasteiger partial charge in [-0.3, -0.25) is 4.99 Å². The molecule has 1 saturated heterocycles. The summed E-state index contributed by atoms with van der Waals surface area (Å²) >= 11 is 0. The van der Waals surface area contributed by atoms with Gasteiger partial charge in [0.2, 0.25) is 0 Å². The lowest BCUT2D eigenvalue weighted by atomic mass is 9.83. The van der Waals surface area contributed by atoms with Gasteiger partial charge in [-0.25, -0.2) is 4.39 Å². The van der Waals surface area contributed by atoms with Crippen LogP contribution >= 0.6 is 0 Å². The van der Waals surface area contributed by atoms with Crippen molar-refractivity contribution in [1.29, 1.82) is 0 Å². The Bertz CT molecular complexity index is 1070. The Kier molecular flexibility index (Phi) is 6.77. The Morgan fingerprint density at radius 2 is 1.70 bits per heavy atom. The first kappa shape index (κ1) is 22.1. The molecule has 5 heteroatoms. The van der Waals surface area contributed by atoms with Crippen molar-refractivity contribution in [3.63, 3.8) is 0 Å². The van der Waals surface area contributed by atoms with E-state index in [1.54, 1.807) is 12.1 Å². The van der Waals surface area contributed by atoms with E-state index in [0.717, 1.165) is 24.3 Å². The van der Waals surface area contributed by atoms with Gasteiger partial charge in [-0.05, 0) is 112 Å². The summed E-state index contributed by atoms with van der Waals surface area (Å²) in [5.74, 6) is 1.78. The zero-order chi connectivity index (χ0) is 22.6. The van der Waals surface area contributed by atoms with Crippen LogP contribution in [0, 0.1) is 11.7 Å². The topological polar surface area (TPSA) is 57.4 Å². The summed E-state index contributed by atoms with van der Waals surface area (Å²) < 4.78 is 13.1. The maximum Gasteiger partial charge on any atom is 0.125 e. The van der Waals surface area contributed by atoms with Crippen molar-refractivity contribution in [2.24, 2.45) is 16.6 Å². The molecule has 0 bridgehead atoms. The van der Waals surface area contributed by atoms with Gasteiger partial charge in [0.25, 0.3) is 0 Å². The number of H-pyrrole nitrogens is 1. The third kappa shape index (κ3) is 5.30. The molecule has 1 aliphatic carbocycles. The Balaban J connectivity index is 1.05. The van der Waals surface area contributed by atoms with Crippen LogP contribution in [-0.2, 0) is 0 Å². The number of aliphatic imine (C=N–C) groups is 1. The number of hydrogen-bond donors (Lipinski definition) is 2. The summed E-state index contributed by atoms with van der Waals surface area (Å²) in [7, 11) is 0. The van der Waals surface area contributed by atoms with Crippen molar-refractivity contribution in [2.45, 2.75) is 56.9 Å². The van der Waals surface area contributed by atoms with Crippen molar-refractivity contribution in [3.05, 3.63) is 71.7 Å². The zero-order valence-corrected chi connectivity index (χ0v) is 19.3. The Morgan fingerprint density at radius 3 is 2.45 bits per heavy atom. The normalized spacial score (nSPS) is 23.2. The van der Waals surface area contributed by atoms with Gasteiger partial charge in [0, 0.05) is 22.7 Å². The summed E-state index contributed by atoms with van der Waals surface area (Å²) in [6.07, 6.45) is 10.7. The lowest BCUT2D eigenvalue weighted by Gasteiger charge is -2.34. The molecule has 4 nitrogen and oxygen atoms in total. The first-order chi connectivity index (χ1) is 16.2. The highest BCUT2D eigenvalue weighted by molar-refractivity contribution is 5.97. The lowest BCUT2D eigenvalue weighted by Crippen LogP contribution is -2.35. The number of piperidine rings is 1. The molecule has 2 aromatic carbocycles. The van der Waals surface area contributed by atoms with Crippen molar-refractivity contribution in [3.8, 4) is 0 Å². The third-order valence-electron chi connectivity index (χ3n) is 7.78. The number of nitrogens with zero attached hydrogens (tertiary/aromatic N) is 2. The van der Waals surface area contributed by atoms with Gasteiger partial charge in [-0.2, -0.15) is 0 Å². The van der Waals surface area contributed by atoms with Crippen LogP contribution in [0.15, 0.2) is 59.7 Å². The molecule has 1 saturated carbocycles. The second kappa shape index (κ2) is 10.1. The molecule has 0 spiro atoms. The molecule has 1 aliphatic heterocycles. The van der Waals surface area contributed by atoms with Crippen molar-refractivity contribution in [2.75, 3.05) is 19.6 Å². The van der Waals surface area contributed by atoms with Crippen LogP contribution in [0.1, 0.15) is 62.0 Å². The maximum atomic E-state index is 13.1. The zero-order valence-electron chi connectivity index (χ0n) is 19.3. The number of benzene rings is 2. The number of halogens is 1. The van der Waals surface area contributed by atoms with Crippen molar-refractivity contribution in [1.82, 2.24) is 9.88 Å². The summed E-state index contributed by atoms with van der Waals surface area (Å²) in [6.45, 7) is 3.63. The number of nitrogens with two attached hydrogens (primary N) is 1. The molecule has 0 radical (unpaired) electrons. The highest BCUT2D eigenvalue weighted by atomic mass is 19.1. The molecular weight excluding hydrogens is 411 g/mol. The standard InChI is InChI=1S/C28H35FN4/c29-23-9-7-22(8-10-23)28(30)32-24-11-5-20(6-12-24)13-16-33-17-14-21(15-18-33)26-19-31-27-4-2-1-3-25(26)27/h1-4,7-10,19-21,24,31H,5-6,11-18H2,(H2,30,32). The minimum absolute atomic E-state index is 0.241. The molecule has 174 valence electrons. The lowest BCUT2D eigenvalue weighted by molar-refractivity contribution is 0.187. The van der Waals surface area contributed by atoms with Gasteiger partial charge in [-0.15, -0.1) is 0 Å². The molecule has 5 rings (SSSR count). The molecule has 2 fully saturated rings. The van der Waals surface area contributed by atoms with E-state index in [9.17, 15) is 4.39 Å². The molecule has 0 unspecified atom stereocenters. The Morgan fingerprint density at radius 1 is 0.970 bits per heavy atom. The van der Waals surface area contributed by atoms with Crippen LogP contribution < -0.4 is 5.73 Å². The Labute approximate surface area is 196 Å². The second-order valence-electron chi connectivity index (χ2n) is 9.89. The minimum atomic E-state index is -0.241. The highest BCUT2D eigenvalue weighted by Crippen LogP contribution is 2.34. The molecule has 0 amide bonds. The maximum absolute atomic E-state index is 13.1. The van der Waals surface area contributed by atoms with E-state index in [1.807, 2.05) is 0 Å². The molecule has 2 aliphatic rings. The molecule has 1 aromatic heterocycles. The first-order valence-corrected chi connectivity index (χ1v) is 12.5. The number of aromatic amines is 1. The van der Waals surface area contributed by atoms with Crippen LogP contribution in [0.2, 0.25) is 0 Å². The van der Waals surface area contributed by atoms with E-state index in [0.29, 0.717) is 17.8 Å². The number of amidine groups is 1. The van der Waals surface area contributed by atoms with Gasteiger partial charge in [0.1, 0.15) is 11.7 Å². The average Bonchev–Trinajstić information content (AvgIpc) is 3.28. The smallest absolute Gasteiger partial charge is 0.125 e. The predicted molar refractivity (Wildman–Crippen MR) is 134 cm³/mol. The molecule has 33 heavy (non-hydrogen) atoms. The SMILES string of the molecule is NC(=NC1CCC(CCN2CCC(c3c[nH]c4ccccc34)CC2)CC1)c1ccc(F)cc1. The van der Waals surface area contributed by atoms with Crippen LogP contribution in [0.4, 0.5) is 4.39 Å². The number of hydrogen-bond acceptors (Lipinski definition) is 2. The summed E-state index contributed by atoms with van der Waals surface area (Å²) in [5, 5.41) is 1.40. The van der Waals surface area contributed by atoms with Crippen molar-refractivity contribution >= 4 is 16.7 Å². The molecular formula is C28H35FN4. The fourth-order valence-electron chi connectivity index (χ4n) is 5.72. The van der Waals surface area contributed by atoms with Crippen LogP contribution in [-0.4, -0.2) is 41.4 Å². The monoisotopic (exact) mass is 446 g/mol. The number of fused-ring (bicyclic) bond motifs is 1. The first-order valence-electron chi connectivity index (χ1n) is 12.5. The summed E-state index contributed by atoms with van der Waals surface area (Å²) in [4.78, 5) is 10.8. The van der Waals surface area contributed by atoms with E-state index < -0.39 is 0 Å². The fraction of sp³-hybridized carbons (Fsp3) is 0.464. The van der Waals surface area contributed by atoms with Gasteiger partial charge >= 0.3 is 0 Å². The van der Waals surface area contributed by atoms with Gasteiger partial charge < -0.3 is 15.6 Å². The van der Waals surface area contributed by atoms with E-state index in [-0.39, 0.29) is 5.82 Å².